The summed E-state index contributed by atoms with van der Waals surface area (Å²) >= 11 is 6.02. The molecule has 0 spiro atoms. The van der Waals surface area contributed by atoms with Gasteiger partial charge in [0.25, 0.3) is 0 Å². The van der Waals surface area contributed by atoms with Crippen LogP contribution < -0.4 is 5.32 Å². The van der Waals surface area contributed by atoms with Gasteiger partial charge in [-0.1, -0.05) is 11.6 Å². The normalized spacial score (nSPS) is 15.2. The molecule has 110 valence electrons. The molecular formula is C13H19ClN4O2. The fourth-order valence-electron chi connectivity index (χ4n) is 1.95. The summed E-state index contributed by atoms with van der Waals surface area (Å²) in [5, 5.41) is 3.41. The van der Waals surface area contributed by atoms with E-state index in [-0.39, 0.29) is 5.91 Å². The Morgan fingerprint density at radius 1 is 1.30 bits per heavy atom. The zero-order valence-corrected chi connectivity index (χ0v) is 12.5. The van der Waals surface area contributed by atoms with Crippen LogP contribution in [0.3, 0.4) is 0 Å². The minimum Gasteiger partial charge on any atom is -0.378 e. The number of nitrogens with one attached hydrogen (secondary N) is 1. The predicted octanol–water partition coefficient (Wildman–Crippen LogP) is 1.41. The third-order valence-electron chi connectivity index (χ3n) is 3.26. The summed E-state index contributed by atoms with van der Waals surface area (Å²) in [6.07, 6.45) is 0.408. The molecule has 2 heterocycles. The third-order valence-corrected chi connectivity index (χ3v) is 3.52. The van der Waals surface area contributed by atoms with Crippen molar-refractivity contribution in [1.82, 2.24) is 14.9 Å². The lowest BCUT2D eigenvalue weighted by Gasteiger charge is -2.26. The number of halogens is 1. The van der Waals surface area contributed by atoms with Gasteiger partial charge >= 0.3 is 0 Å². The molecule has 1 aromatic heterocycles. The molecule has 1 saturated heterocycles. The Labute approximate surface area is 123 Å². The number of nitrogens with zero attached hydrogens (tertiary/aromatic N) is 3. The Kier molecular flexibility index (Phi) is 5.14. The largest absolute Gasteiger partial charge is 0.378 e. The molecule has 6 nitrogen and oxygen atoms in total. The van der Waals surface area contributed by atoms with E-state index in [9.17, 15) is 4.79 Å². The number of aryl methyl sites for hydroxylation is 2. The maximum absolute atomic E-state index is 12.0. The average Bonchev–Trinajstić information content (AvgIpc) is 2.45. The second-order valence-electron chi connectivity index (χ2n) is 4.70. The van der Waals surface area contributed by atoms with Crippen molar-refractivity contribution in [3.63, 3.8) is 0 Å². The number of anilines is 1. The van der Waals surface area contributed by atoms with Crippen molar-refractivity contribution in [2.75, 3.05) is 38.2 Å². The fourth-order valence-corrected chi connectivity index (χ4v) is 2.18. The molecule has 2 rings (SSSR count). The van der Waals surface area contributed by atoms with Gasteiger partial charge in [-0.3, -0.25) is 4.79 Å². The fraction of sp³-hybridized carbons (Fsp3) is 0.615. The lowest BCUT2D eigenvalue weighted by atomic mass is 10.3. The van der Waals surface area contributed by atoms with E-state index in [0.29, 0.717) is 50.2 Å². The van der Waals surface area contributed by atoms with Gasteiger partial charge in [-0.05, 0) is 13.8 Å². The molecule has 0 atom stereocenters. The van der Waals surface area contributed by atoms with Gasteiger partial charge in [-0.25, -0.2) is 9.97 Å². The highest BCUT2D eigenvalue weighted by Gasteiger charge is 2.16. The van der Waals surface area contributed by atoms with Gasteiger partial charge in [0.05, 0.1) is 24.6 Å². The van der Waals surface area contributed by atoms with Crippen molar-refractivity contribution in [2.24, 2.45) is 0 Å². The van der Waals surface area contributed by atoms with Gasteiger partial charge in [-0.2, -0.15) is 0 Å². The van der Waals surface area contributed by atoms with Crippen LogP contribution in [0.2, 0.25) is 5.15 Å². The summed E-state index contributed by atoms with van der Waals surface area (Å²) in [6, 6.07) is 0. The van der Waals surface area contributed by atoms with Crippen molar-refractivity contribution in [3.8, 4) is 0 Å². The first kappa shape index (κ1) is 15.0. The molecule has 1 amide bonds. The molecule has 1 aliphatic rings. The Morgan fingerprint density at radius 2 is 1.95 bits per heavy atom. The topological polar surface area (TPSA) is 67.4 Å². The second-order valence-corrected chi connectivity index (χ2v) is 5.06. The van der Waals surface area contributed by atoms with E-state index in [4.69, 9.17) is 16.3 Å². The minimum absolute atomic E-state index is 0.119. The quantitative estimate of drug-likeness (QED) is 0.910. The molecule has 0 saturated carbocycles. The van der Waals surface area contributed by atoms with Gasteiger partial charge < -0.3 is 15.0 Å². The van der Waals surface area contributed by atoms with Crippen LogP contribution in [-0.2, 0) is 9.53 Å². The lowest BCUT2D eigenvalue weighted by molar-refractivity contribution is -0.134. The van der Waals surface area contributed by atoms with E-state index in [0.717, 1.165) is 11.4 Å². The summed E-state index contributed by atoms with van der Waals surface area (Å²) in [7, 11) is 0. The summed E-state index contributed by atoms with van der Waals surface area (Å²) in [4.78, 5) is 22.3. The van der Waals surface area contributed by atoms with E-state index in [1.54, 1.807) is 0 Å². The van der Waals surface area contributed by atoms with Gasteiger partial charge in [-0.15, -0.1) is 0 Å². The van der Waals surface area contributed by atoms with E-state index < -0.39 is 0 Å². The minimum atomic E-state index is 0.119. The molecule has 1 aliphatic heterocycles. The predicted molar refractivity (Wildman–Crippen MR) is 77.0 cm³/mol. The van der Waals surface area contributed by atoms with Gasteiger partial charge in [0.1, 0.15) is 0 Å². The van der Waals surface area contributed by atoms with Crippen molar-refractivity contribution in [3.05, 3.63) is 16.5 Å². The Morgan fingerprint density at radius 3 is 2.65 bits per heavy atom. The molecule has 1 fully saturated rings. The van der Waals surface area contributed by atoms with Crippen LogP contribution in [0.15, 0.2) is 0 Å². The molecule has 7 heteroatoms. The van der Waals surface area contributed by atoms with E-state index >= 15 is 0 Å². The van der Waals surface area contributed by atoms with Gasteiger partial charge in [0, 0.05) is 26.1 Å². The molecule has 0 aliphatic carbocycles. The van der Waals surface area contributed by atoms with Crippen molar-refractivity contribution < 1.29 is 9.53 Å². The highest BCUT2D eigenvalue weighted by molar-refractivity contribution is 6.31. The monoisotopic (exact) mass is 298 g/mol. The highest BCUT2D eigenvalue weighted by Crippen LogP contribution is 2.18. The number of carbonyl (C=O) groups is 1. The van der Waals surface area contributed by atoms with Crippen LogP contribution in [0, 0.1) is 13.8 Å². The number of hydrogen-bond donors (Lipinski definition) is 1. The number of carbonyl (C=O) groups excluding carboxylic acids is 1. The van der Waals surface area contributed by atoms with E-state index in [1.165, 1.54) is 0 Å². The molecule has 20 heavy (non-hydrogen) atoms. The van der Waals surface area contributed by atoms with Crippen LogP contribution >= 0.6 is 11.6 Å². The number of rotatable bonds is 4. The van der Waals surface area contributed by atoms with Crippen molar-refractivity contribution in [1.29, 1.82) is 0 Å². The molecule has 0 aromatic carbocycles. The van der Waals surface area contributed by atoms with E-state index in [1.807, 2.05) is 18.7 Å². The summed E-state index contributed by atoms with van der Waals surface area (Å²) in [5.74, 6) is 0.651. The molecule has 0 radical (unpaired) electrons. The van der Waals surface area contributed by atoms with Crippen LogP contribution in [-0.4, -0.2) is 53.6 Å². The maximum atomic E-state index is 12.0. The highest BCUT2D eigenvalue weighted by atomic mass is 35.5. The molecular weight excluding hydrogens is 280 g/mol. The van der Waals surface area contributed by atoms with Gasteiger partial charge in [0.2, 0.25) is 5.91 Å². The molecule has 0 unspecified atom stereocenters. The zero-order valence-electron chi connectivity index (χ0n) is 11.8. The summed E-state index contributed by atoms with van der Waals surface area (Å²) in [6.45, 7) is 6.81. The maximum Gasteiger partial charge on any atom is 0.224 e. The number of morpholine rings is 1. The van der Waals surface area contributed by atoms with Crippen molar-refractivity contribution >= 4 is 23.3 Å². The SMILES string of the molecule is Cc1nc(Cl)c(NCCC(=O)N2CCOCC2)nc1C. The number of amides is 1. The second kappa shape index (κ2) is 6.85. The first-order chi connectivity index (χ1) is 9.58. The molecule has 1 N–H and O–H groups in total. The van der Waals surface area contributed by atoms with Crippen LogP contribution in [0.25, 0.3) is 0 Å². The summed E-state index contributed by atoms with van der Waals surface area (Å²) in [5.41, 5.74) is 1.64. The Balaban J connectivity index is 1.83. The average molecular weight is 299 g/mol. The van der Waals surface area contributed by atoms with Crippen molar-refractivity contribution in [2.45, 2.75) is 20.3 Å². The third kappa shape index (κ3) is 3.80. The van der Waals surface area contributed by atoms with Crippen LogP contribution in [0.5, 0.6) is 0 Å². The van der Waals surface area contributed by atoms with E-state index in [2.05, 4.69) is 15.3 Å². The number of hydrogen-bond acceptors (Lipinski definition) is 5. The number of aromatic nitrogens is 2. The Bertz CT molecular complexity index is 490. The lowest BCUT2D eigenvalue weighted by Crippen LogP contribution is -2.41. The standard InChI is InChI=1S/C13H19ClN4O2/c1-9-10(2)17-13(12(14)16-9)15-4-3-11(19)18-5-7-20-8-6-18/h3-8H2,1-2H3,(H,15,17). The first-order valence-electron chi connectivity index (χ1n) is 6.68. The molecule has 0 bridgehead atoms. The zero-order chi connectivity index (χ0) is 14.5. The van der Waals surface area contributed by atoms with Crippen LogP contribution in [0.1, 0.15) is 17.8 Å². The van der Waals surface area contributed by atoms with Crippen LogP contribution in [0.4, 0.5) is 5.82 Å². The molecule has 1 aromatic rings. The Hall–Kier alpha value is -1.40. The number of ether oxygens (including phenoxy) is 1. The smallest absolute Gasteiger partial charge is 0.224 e. The first-order valence-corrected chi connectivity index (χ1v) is 7.06. The summed E-state index contributed by atoms with van der Waals surface area (Å²) < 4.78 is 5.22. The van der Waals surface area contributed by atoms with Gasteiger partial charge in [0.15, 0.2) is 11.0 Å².